The van der Waals surface area contributed by atoms with Crippen molar-refractivity contribution >= 4 is 11.9 Å². The van der Waals surface area contributed by atoms with Gasteiger partial charge in [0.15, 0.2) is 0 Å². The lowest BCUT2D eigenvalue weighted by molar-refractivity contribution is -0.138. The molecule has 1 aromatic heterocycles. The Labute approximate surface area is 97.4 Å². The molecule has 0 aliphatic rings. The number of hydrogen-bond acceptors (Lipinski definition) is 5. The molecule has 1 aromatic rings. The average Bonchev–Trinajstić information content (AvgIpc) is 2.78. The first-order valence-electron chi connectivity index (χ1n) is 4.90. The zero-order chi connectivity index (χ0) is 13.1. The number of hydrogen-bond donors (Lipinski definition) is 5. The van der Waals surface area contributed by atoms with E-state index in [4.69, 9.17) is 16.6 Å². The van der Waals surface area contributed by atoms with Crippen LogP contribution in [0.2, 0.25) is 0 Å². The van der Waals surface area contributed by atoms with Crippen molar-refractivity contribution in [1.82, 2.24) is 15.3 Å². The average molecular weight is 241 g/mol. The van der Waals surface area contributed by atoms with Crippen LogP contribution in [0.1, 0.15) is 12.6 Å². The number of aromatic nitrogens is 2. The molecule has 2 atom stereocenters. The third-order valence-corrected chi connectivity index (χ3v) is 2.33. The van der Waals surface area contributed by atoms with Crippen LogP contribution in [0.5, 0.6) is 0 Å². The molecule has 0 radical (unpaired) electrons. The molecule has 1 amide bonds. The third kappa shape index (κ3) is 3.02. The second-order valence-corrected chi connectivity index (χ2v) is 3.82. The largest absolute Gasteiger partial charge is 0.480 e. The van der Waals surface area contributed by atoms with Gasteiger partial charge in [-0.1, -0.05) is 0 Å². The quantitative estimate of drug-likeness (QED) is 0.407. The van der Waals surface area contributed by atoms with Gasteiger partial charge in [-0.3, -0.25) is 9.59 Å². The highest BCUT2D eigenvalue weighted by Crippen LogP contribution is 2.13. The molecule has 94 valence electrons. The zero-order valence-electron chi connectivity index (χ0n) is 9.30. The lowest BCUT2D eigenvalue weighted by atomic mass is 9.99. The number of carboxylic acids is 1. The van der Waals surface area contributed by atoms with E-state index in [1.54, 1.807) is 0 Å². The number of imidazole rings is 1. The summed E-state index contributed by atoms with van der Waals surface area (Å²) in [5.41, 5.74) is 10.2. The highest BCUT2D eigenvalue weighted by molar-refractivity contribution is 5.87. The number of carbonyl (C=O) groups is 2. The van der Waals surface area contributed by atoms with Crippen LogP contribution < -0.4 is 16.8 Å². The van der Waals surface area contributed by atoms with Crippen molar-refractivity contribution < 1.29 is 14.7 Å². The van der Waals surface area contributed by atoms with E-state index < -0.39 is 23.5 Å². The molecule has 1 heterocycles. The summed E-state index contributed by atoms with van der Waals surface area (Å²) in [6.45, 7) is 1.30. The summed E-state index contributed by atoms with van der Waals surface area (Å²) in [6, 6.07) is -1.16. The normalized spacial score (nSPS) is 15.9. The van der Waals surface area contributed by atoms with Crippen molar-refractivity contribution in [2.24, 2.45) is 11.5 Å². The van der Waals surface area contributed by atoms with Crippen molar-refractivity contribution in [1.29, 1.82) is 0 Å². The fraction of sp³-hybridized carbons (Fsp3) is 0.444. The number of aromatic amines is 1. The predicted molar refractivity (Wildman–Crippen MR) is 58.7 cm³/mol. The second kappa shape index (κ2) is 4.93. The molecule has 0 saturated heterocycles. The summed E-state index contributed by atoms with van der Waals surface area (Å²) < 4.78 is 0. The SMILES string of the molecule is C[C@@](N)(C(=O)NC[C@H](N)C(=O)O)c1cnc[nH]1. The Kier molecular flexibility index (Phi) is 3.81. The Morgan fingerprint density at radius 2 is 2.35 bits per heavy atom. The topological polar surface area (TPSA) is 147 Å². The summed E-state index contributed by atoms with van der Waals surface area (Å²) in [7, 11) is 0. The number of amides is 1. The van der Waals surface area contributed by atoms with Crippen LogP contribution in [-0.2, 0) is 15.1 Å². The molecule has 0 fully saturated rings. The van der Waals surface area contributed by atoms with Gasteiger partial charge in [0.1, 0.15) is 11.6 Å². The molecule has 0 aliphatic carbocycles. The minimum absolute atomic E-state index is 0.185. The number of nitrogens with two attached hydrogens (primary N) is 2. The van der Waals surface area contributed by atoms with Crippen LogP contribution in [0, 0.1) is 0 Å². The zero-order valence-corrected chi connectivity index (χ0v) is 9.30. The number of carbonyl (C=O) groups excluding carboxylic acids is 1. The monoisotopic (exact) mass is 241 g/mol. The van der Waals surface area contributed by atoms with Gasteiger partial charge >= 0.3 is 5.97 Å². The third-order valence-electron chi connectivity index (χ3n) is 2.33. The predicted octanol–water partition coefficient (Wildman–Crippen LogP) is -1.89. The molecule has 7 N–H and O–H groups in total. The highest BCUT2D eigenvalue weighted by Gasteiger charge is 2.32. The molecule has 0 bridgehead atoms. The maximum absolute atomic E-state index is 11.8. The summed E-state index contributed by atoms with van der Waals surface area (Å²) in [4.78, 5) is 28.7. The molecule has 8 heteroatoms. The molecule has 17 heavy (non-hydrogen) atoms. The van der Waals surface area contributed by atoms with Crippen LogP contribution in [0.25, 0.3) is 0 Å². The van der Waals surface area contributed by atoms with E-state index in [-0.39, 0.29) is 6.54 Å². The van der Waals surface area contributed by atoms with Crippen molar-refractivity contribution in [2.75, 3.05) is 6.54 Å². The smallest absolute Gasteiger partial charge is 0.322 e. The van der Waals surface area contributed by atoms with Gasteiger partial charge in [-0.2, -0.15) is 0 Å². The van der Waals surface area contributed by atoms with Crippen LogP contribution in [-0.4, -0.2) is 39.5 Å². The van der Waals surface area contributed by atoms with Crippen LogP contribution in [0.15, 0.2) is 12.5 Å². The maximum Gasteiger partial charge on any atom is 0.322 e. The minimum atomic E-state index is -1.31. The molecule has 1 rings (SSSR count). The number of nitrogens with zero attached hydrogens (tertiary/aromatic N) is 1. The number of aliphatic carboxylic acids is 1. The molecule has 0 aliphatic heterocycles. The Morgan fingerprint density at radius 1 is 1.71 bits per heavy atom. The fourth-order valence-corrected chi connectivity index (χ4v) is 1.14. The maximum atomic E-state index is 11.8. The van der Waals surface area contributed by atoms with E-state index in [1.165, 1.54) is 19.4 Å². The first kappa shape index (κ1) is 13.1. The van der Waals surface area contributed by atoms with Gasteiger partial charge in [0.2, 0.25) is 5.91 Å². The number of nitrogens with one attached hydrogen (secondary N) is 2. The Balaban J connectivity index is 2.61. The summed E-state index contributed by atoms with van der Waals surface area (Å²) in [5.74, 6) is -1.72. The summed E-state index contributed by atoms with van der Waals surface area (Å²) in [6.07, 6.45) is 2.83. The van der Waals surface area contributed by atoms with Gasteiger partial charge in [-0.25, -0.2) is 4.98 Å². The number of H-pyrrole nitrogens is 1. The number of carboxylic acid groups (broad SMARTS) is 1. The van der Waals surface area contributed by atoms with E-state index in [0.717, 1.165) is 0 Å². The molecular weight excluding hydrogens is 226 g/mol. The molecule has 0 spiro atoms. The van der Waals surface area contributed by atoms with Gasteiger partial charge < -0.3 is 26.9 Å². The van der Waals surface area contributed by atoms with Crippen molar-refractivity contribution in [3.8, 4) is 0 Å². The minimum Gasteiger partial charge on any atom is -0.480 e. The lowest BCUT2D eigenvalue weighted by Crippen LogP contribution is -2.52. The number of rotatable bonds is 5. The summed E-state index contributed by atoms with van der Waals surface area (Å²) >= 11 is 0. The Hall–Kier alpha value is -1.93. The second-order valence-electron chi connectivity index (χ2n) is 3.82. The van der Waals surface area contributed by atoms with Crippen molar-refractivity contribution in [3.05, 3.63) is 18.2 Å². The first-order valence-corrected chi connectivity index (χ1v) is 4.90. The van der Waals surface area contributed by atoms with Gasteiger partial charge in [-0.15, -0.1) is 0 Å². The molecule has 0 unspecified atom stereocenters. The van der Waals surface area contributed by atoms with Crippen LogP contribution in [0.3, 0.4) is 0 Å². The molecule has 8 nitrogen and oxygen atoms in total. The molecule has 0 aromatic carbocycles. The highest BCUT2D eigenvalue weighted by atomic mass is 16.4. The van der Waals surface area contributed by atoms with Crippen molar-refractivity contribution in [3.63, 3.8) is 0 Å². The molecular formula is C9H15N5O3. The fourth-order valence-electron chi connectivity index (χ4n) is 1.14. The van der Waals surface area contributed by atoms with Gasteiger partial charge in [0.25, 0.3) is 0 Å². The first-order chi connectivity index (χ1) is 7.85. The van der Waals surface area contributed by atoms with Crippen molar-refractivity contribution in [2.45, 2.75) is 18.5 Å². The van der Waals surface area contributed by atoms with E-state index in [1.807, 2.05) is 0 Å². The lowest BCUT2D eigenvalue weighted by Gasteiger charge is -2.22. The van der Waals surface area contributed by atoms with Gasteiger partial charge in [0, 0.05) is 6.54 Å². The van der Waals surface area contributed by atoms with Gasteiger partial charge in [0.05, 0.1) is 18.2 Å². The van der Waals surface area contributed by atoms with Crippen LogP contribution in [0.4, 0.5) is 0 Å². The van der Waals surface area contributed by atoms with E-state index in [2.05, 4.69) is 15.3 Å². The van der Waals surface area contributed by atoms with E-state index >= 15 is 0 Å². The molecule has 0 saturated carbocycles. The van der Waals surface area contributed by atoms with Crippen LogP contribution >= 0.6 is 0 Å². The van der Waals surface area contributed by atoms with E-state index in [9.17, 15) is 9.59 Å². The van der Waals surface area contributed by atoms with Gasteiger partial charge in [-0.05, 0) is 6.92 Å². The Morgan fingerprint density at radius 3 is 2.82 bits per heavy atom. The summed E-state index contributed by atoms with van der Waals surface area (Å²) in [5, 5.41) is 10.9. The standard InChI is InChI=1S/C9H15N5O3/c1-9(11,6-3-12-4-14-6)8(17)13-2-5(10)7(15)16/h3-5H,2,10-11H2,1H3,(H,12,14)(H,13,17)(H,15,16)/t5-,9-/m0/s1. The Bertz CT molecular complexity index is 401. The van der Waals surface area contributed by atoms with E-state index in [0.29, 0.717) is 5.69 Å².